The fraction of sp³-hybridized carbons (Fsp3) is 0.241. The van der Waals surface area contributed by atoms with Crippen LogP contribution in [0, 0.1) is 6.92 Å². The summed E-state index contributed by atoms with van der Waals surface area (Å²) in [6.07, 6.45) is 0. The van der Waals surface area contributed by atoms with Crippen LogP contribution < -0.4 is 18.9 Å². The topological polar surface area (TPSA) is 106 Å². The molecule has 1 amide bonds. The van der Waals surface area contributed by atoms with Gasteiger partial charge >= 0.3 is 0 Å². The summed E-state index contributed by atoms with van der Waals surface area (Å²) in [7, 11) is 6.26. The highest BCUT2D eigenvalue weighted by Gasteiger charge is 2.43. The van der Waals surface area contributed by atoms with Crippen molar-refractivity contribution in [1.82, 2.24) is 15.1 Å². The first-order chi connectivity index (χ1) is 18.4. The minimum absolute atomic E-state index is 0.0783. The van der Waals surface area contributed by atoms with Crippen LogP contribution in [-0.4, -0.2) is 54.6 Å². The molecule has 0 radical (unpaired) electrons. The maximum atomic E-state index is 13.8. The van der Waals surface area contributed by atoms with Crippen LogP contribution in [0.5, 0.6) is 28.7 Å². The number of nitrogens with one attached hydrogen (secondary N) is 1. The highest BCUT2D eigenvalue weighted by atomic mass is 16.5. The smallest absolute Gasteiger partial charge is 0.273 e. The van der Waals surface area contributed by atoms with Crippen LogP contribution in [0.3, 0.4) is 0 Å². The Balaban J connectivity index is 1.70. The number of carbonyl (C=O) groups excluding carboxylic acids is 1. The number of phenols is 1. The number of H-pyrrole nitrogens is 1. The molecule has 4 aromatic rings. The maximum Gasteiger partial charge on any atom is 0.273 e. The van der Waals surface area contributed by atoms with Gasteiger partial charge in [0.15, 0.2) is 11.5 Å². The monoisotopic (exact) mass is 515 g/mol. The van der Waals surface area contributed by atoms with Gasteiger partial charge < -0.3 is 29.0 Å². The number of benzene rings is 3. The Morgan fingerprint density at radius 1 is 0.921 bits per heavy atom. The number of hydrogen-bond acceptors (Lipinski definition) is 7. The molecule has 0 bridgehead atoms. The molecule has 2 N–H and O–H groups in total. The second-order valence-corrected chi connectivity index (χ2v) is 9.02. The molecule has 0 saturated carbocycles. The van der Waals surface area contributed by atoms with E-state index in [4.69, 9.17) is 18.9 Å². The fourth-order valence-corrected chi connectivity index (χ4v) is 4.94. The number of methoxy groups -OCH3 is 4. The van der Waals surface area contributed by atoms with E-state index < -0.39 is 6.04 Å². The van der Waals surface area contributed by atoms with Gasteiger partial charge in [-0.2, -0.15) is 5.10 Å². The van der Waals surface area contributed by atoms with Crippen molar-refractivity contribution in [1.29, 1.82) is 0 Å². The van der Waals surface area contributed by atoms with Gasteiger partial charge in [-0.1, -0.05) is 23.8 Å². The third kappa shape index (κ3) is 4.15. The molecule has 2 heterocycles. The molecule has 0 aliphatic carbocycles. The average Bonchev–Trinajstić information content (AvgIpc) is 3.48. The lowest BCUT2D eigenvalue weighted by Gasteiger charge is -2.27. The Morgan fingerprint density at radius 3 is 2.21 bits per heavy atom. The van der Waals surface area contributed by atoms with E-state index in [0.717, 1.165) is 22.4 Å². The number of carbonyl (C=O) groups is 1. The van der Waals surface area contributed by atoms with Crippen molar-refractivity contribution in [3.63, 3.8) is 0 Å². The molecule has 1 atom stereocenters. The van der Waals surface area contributed by atoms with Crippen molar-refractivity contribution >= 4 is 5.91 Å². The summed E-state index contributed by atoms with van der Waals surface area (Å²) in [4.78, 5) is 15.6. The summed E-state index contributed by atoms with van der Waals surface area (Å²) in [5, 5.41) is 18.1. The van der Waals surface area contributed by atoms with Crippen LogP contribution in [0.25, 0.3) is 11.3 Å². The van der Waals surface area contributed by atoms with Gasteiger partial charge in [0, 0.05) is 17.7 Å². The summed E-state index contributed by atoms with van der Waals surface area (Å²) >= 11 is 0. The second kappa shape index (κ2) is 10.0. The third-order valence-electron chi connectivity index (χ3n) is 6.79. The van der Waals surface area contributed by atoms with E-state index in [9.17, 15) is 9.90 Å². The van der Waals surface area contributed by atoms with E-state index in [0.29, 0.717) is 46.3 Å². The van der Waals surface area contributed by atoms with Gasteiger partial charge in [0.1, 0.15) is 22.9 Å². The molecular weight excluding hydrogens is 486 g/mol. The number of aromatic amines is 1. The molecule has 0 unspecified atom stereocenters. The third-order valence-corrected chi connectivity index (χ3v) is 6.79. The van der Waals surface area contributed by atoms with Crippen molar-refractivity contribution in [2.24, 2.45) is 0 Å². The quantitative estimate of drug-likeness (QED) is 0.345. The van der Waals surface area contributed by atoms with Gasteiger partial charge in [0.2, 0.25) is 5.75 Å². The van der Waals surface area contributed by atoms with Gasteiger partial charge in [-0.05, 0) is 54.4 Å². The van der Waals surface area contributed by atoms with E-state index in [-0.39, 0.29) is 11.7 Å². The first-order valence-electron chi connectivity index (χ1n) is 12.0. The molecule has 1 aromatic heterocycles. The predicted molar refractivity (Wildman–Crippen MR) is 141 cm³/mol. The van der Waals surface area contributed by atoms with Gasteiger partial charge in [-0.25, -0.2) is 0 Å². The number of hydrogen-bond donors (Lipinski definition) is 2. The van der Waals surface area contributed by atoms with Crippen molar-refractivity contribution in [3.05, 3.63) is 82.5 Å². The van der Waals surface area contributed by atoms with E-state index >= 15 is 0 Å². The Labute approximate surface area is 220 Å². The van der Waals surface area contributed by atoms with Gasteiger partial charge in [0.25, 0.3) is 5.91 Å². The minimum Gasteiger partial charge on any atom is -0.507 e. The van der Waals surface area contributed by atoms with Crippen LogP contribution in [-0.2, 0) is 6.54 Å². The van der Waals surface area contributed by atoms with Gasteiger partial charge in [-0.3, -0.25) is 9.89 Å². The van der Waals surface area contributed by atoms with Crippen molar-refractivity contribution in [2.45, 2.75) is 19.5 Å². The number of fused-ring (bicyclic) bond motifs is 1. The van der Waals surface area contributed by atoms with Gasteiger partial charge in [0.05, 0.1) is 34.5 Å². The largest absolute Gasteiger partial charge is 0.507 e. The first kappa shape index (κ1) is 25.0. The predicted octanol–water partition coefficient (Wildman–Crippen LogP) is 4.87. The molecule has 38 heavy (non-hydrogen) atoms. The summed E-state index contributed by atoms with van der Waals surface area (Å²) in [5.74, 6) is 1.99. The second-order valence-electron chi connectivity index (χ2n) is 9.02. The molecule has 0 fully saturated rings. The fourth-order valence-electron chi connectivity index (χ4n) is 4.94. The number of ether oxygens (including phenoxy) is 4. The molecule has 196 valence electrons. The summed E-state index contributed by atoms with van der Waals surface area (Å²) in [5.41, 5.74) is 4.71. The molecule has 0 spiro atoms. The molecule has 0 saturated heterocycles. The Kier molecular flexibility index (Phi) is 6.59. The Morgan fingerprint density at radius 2 is 1.61 bits per heavy atom. The summed E-state index contributed by atoms with van der Waals surface area (Å²) in [6.45, 7) is 2.26. The zero-order valence-electron chi connectivity index (χ0n) is 21.9. The number of aryl methyl sites for hydroxylation is 1. The summed E-state index contributed by atoms with van der Waals surface area (Å²) in [6, 6.07) is 16.0. The average molecular weight is 516 g/mol. The zero-order valence-corrected chi connectivity index (χ0v) is 21.9. The lowest BCUT2D eigenvalue weighted by atomic mass is 9.94. The van der Waals surface area contributed by atoms with E-state index in [1.165, 1.54) is 0 Å². The molecule has 9 heteroatoms. The number of rotatable bonds is 8. The van der Waals surface area contributed by atoms with Crippen LogP contribution in [0.2, 0.25) is 0 Å². The van der Waals surface area contributed by atoms with E-state index in [1.807, 2.05) is 55.5 Å². The molecule has 1 aliphatic heterocycles. The van der Waals surface area contributed by atoms with E-state index in [2.05, 4.69) is 10.2 Å². The molecule has 5 rings (SSSR count). The number of phenolic OH excluding ortho intramolecular Hbond substituents is 1. The first-order valence-corrected chi connectivity index (χ1v) is 12.0. The normalized spacial score (nSPS) is 14.4. The number of nitrogens with zero attached hydrogens (tertiary/aromatic N) is 2. The van der Waals surface area contributed by atoms with E-state index in [1.54, 1.807) is 39.4 Å². The summed E-state index contributed by atoms with van der Waals surface area (Å²) < 4.78 is 22.1. The highest BCUT2D eigenvalue weighted by molar-refractivity contribution is 6.00. The number of aromatic nitrogens is 2. The van der Waals surface area contributed by atoms with Gasteiger partial charge in [-0.15, -0.1) is 0 Å². The number of aromatic hydroxyl groups is 1. The lowest BCUT2D eigenvalue weighted by molar-refractivity contribution is 0.0729. The van der Waals surface area contributed by atoms with Crippen LogP contribution in [0.1, 0.15) is 38.8 Å². The SMILES string of the molecule is COc1ccc(CN2C(=O)c3[nH]nc(-c4cc(C)ccc4O)c3[C@@H]2c2cc(OC)c(OC)c(OC)c2)cc1. The number of amides is 1. The minimum atomic E-state index is -0.554. The standard InChI is InChI=1S/C29H29N3O6/c1-16-6-11-21(33)20(12-16)25-24-26(31-30-25)29(34)32(15-17-7-9-19(35-2)10-8-17)27(24)18-13-22(36-3)28(38-5)23(14-18)37-4/h6-14,27,33H,15H2,1-5H3,(H,30,31)/t27-/m0/s1. The Bertz CT molecular complexity index is 1470. The molecule has 1 aliphatic rings. The van der Waals surface area contributed by atoms with Crippen LogP contribution in [0.4, 0.5) is 0 Å². The lowest BCUT2D eigenvalue weighted by Crippen LogP contribution is -2.29. The van der Waals surface area contributed by atoms with Crippen molar-refractivity contribution in [2.75, 3.05) is 28.4 Å². The van der Waals surface area contributed by atoms with Crippen molar-refractivity contribution < 1.29 is 28.8 Å². The molecule has 3 aromatic carbocycles. The van der Waals surface area contributed by atoms with Crippen LogP contribution >= 0.6 is 0 Å². The zero-order chi connectivity index (χ0) is 27.0. The van der Waals surface area contributed by atoms with Crippen LogP contribution in [0.15, 0.2) is 54.6 Å². The Hall–Kier alpha value is -4.66. The van der Waals surface area contributed by atoms with Crippen molar-refractivity contribution in [3.8, 4) is 40.0 Å². The maximum absolute atomic E-state index is 13.8. The molecule has 9 nitrogen and oxygen atoms in total. The highest BCUT2D eigenvalue weighted by Crippen LogP contribution is 2.48. The molecular formula is C29H29N3O6.